The third-order valence-corrected chi connectivity index (χ3v) is 3.76. The van der Waals surface area contributed by atoms with E-state index in [-0.39, 0.29) is 16.9 Å². The highest BCUT2D eigenvalue weighted by Crippen LogP contribution is 2.27. The second-order valence-corrected chi connectivity index (χ2v) is 5.46. The van der Waals surface area contributed by atoms with E-state index in [4.69, 9.17) is 5.11 Å². The van der Waals surface area contributed by atoms with Crippen LogP contribution in [0.25, 0.3) is 0 Å². The summed E-state index contributed by atoms with van der Waals surface area (Å²) in [5.74, 6) is -1.62. The Labute approximate surface area is 131 Å². The molecule has 0 aliphatic heterocycles. The average molecular weight is 400 g/mol. The van der Waals surface area contributed by atoms with Gasteiger partial charge in [-0.2, -0.15) is 0 Å². The Kier molecular flexibility index (Phi) is 4.51. The maximum Gasteiger partial charge on any atom is 0.337 e. The molecule has 0 saturated heterocycles. The number of nitrogens with one attached hydrogen (secondary N) is 1. The van der Waals surface area contributed by atoms with E-state index in [0.717, 1.165) is 0 Å². The number of hydrogen-bond acceptors (Lipinski definition) is 3. The van der Waals surface area contributed by atoms with Crippen molar-refractivity contribution in [2.75, 3.05) is 5.32 Å². The number of pyridine rings is 1. The van der Waals surface area contributed by atoms with Crippen LogP contribution in [0.1, 0.15) is 20.8 Å². The lowest BCUT2D eigenvalue weighted by Gasteiger charge is -2.10. The van der Waals surface area contributed by atoms with Crippen molar-refractivity contribution in [1.29, 1.82) is 0 Å². The standard InChI is InChI=1S/C13H8Br2N2O3/c14-8-4-1-3-7(13(19)20)10(8)17-12(18)11-9(15)5-2-6-16-11/h1-6H,(H,17,18)(H,19,20). The molecule has 7 heteroatoms. The van der Waals surface area contributed by atoms with E-state index in [1.54, 1.807) is 24.3 Å². The predicted octanol–water partition coefficient (Wildman–Crippen LogP) is 3.56. The molecule has 0 bridgehead atoms. The molecule has 0 saturated carbocycles. The SMILES string of the molecule is O=C(O)c1cccc(Br)c1NC(=O)c1ncccc1Br. The predicted molar refractivity (Wildman–Crippen MR) is 81.0 cm³/mol. The van der Waals surface area contributed by atoms with Crippen molar-refractivity contribution in [3.63, 3.8) is 0 Å². The molecule has 2 aromatic rings. The van der Waals surface area contributed by atoms with Crippen LogP contribution in [0, 0.1) is 0 Å². The van der Waals surface area contributed by atoms with E-state index in [1.165, 1.54) is 12.3 Å². The van der Waals surface area contributed by atoms with Gasteiger partial charge in [0, 0.05) is 15.1 Å². The summed E-state index contributed by atoms with van der Waals surface area (Å²) in [5.41, 5.74) is 0.377. The minimum absolute atomic E-state index is 0.000205. The Hall–Kier alpha value is -1.73. The number of halogens is 2. The van der Waals surface area contributed by atoms with E-state index < -0.39 is 11.9 Å². The second kappa shape index (κ2) is 6.15. The highest BCUT2D eigenvalue weighted by molar-refractivity contribution is 9.11. The molecule has 0 unspecified atom stereocenters. The largest absolute Gasteiger partial charge is 0.478 e. The zero-order chi connectivity index (χ0) is 14.7. The third kappa shape index (κ3) is 3.05. The quantitative estimate of drug-likeness (QED) is 0.826. The van der Waals surface area contributed by atoms with Gasteiger partial charge >= 0.3 is 5.97 Å². The number of aromatic carboxylic acids is 1. The lowest BCUT2D eigenvalue weighted by molar-refractivity contribution is 0.0698. The van der Waals surface area contributed by atoms with Gasteiger partial charge in [-0.15, -0.1) is 0 Å². The monoisotopic (exact) mass is 398 g/mol. The summed E-state index contributed by atoms with van der Waals surface area (Å²) in [6, 6.07) is 8.01. The summed E-state index contributed by atoms with van der Waals surface area (Å²) in [6.07, 6.45) is 1.48. The van der Waals surface area contributed by atoms with Crippen LogP contribution >= 0.6 is 31.9 Å². The molecule has 0 aliphatic rings. The highest BCUT2D eigenvalue weighted by Gasteiger charge is 2.18. The van der Waals surface area contributed by atoms with Crippen molar-refractivity contribution in [1.82, 2.24) is 4.98 Å². The Morgan fingerprint density at radius 3 is 2.45 bits per heavy atom. The number of carbonyl (C=O) groups is 2. The number of hydrogen-bond donors (Lipinski definition) is 2. The van der Waals surface area contributed by atoms with Gasteiger partial charge < -0.3 is 10.4 Å². The molecule has 1 aromatic heterocycles. The Morgan fingerprint density at radius 2 is 1.80 bits per heavy atom. The summed E-state index contributed by atoms with van der Waals surface area (Å²) in [6.45, 7) is 0. The number of para-hydroxylation sites is 1. The normalized spacial score (nSPS) is 10.1. The van der Waals surface area contributed by atoms with Crippen molar-refractivity contribution >= 4 is 49.4 Å². The number of carboxylic acid groups (broad SMARTS) is 1. The van der Waals surface area contributed by atoms with Crippen molar-refractivity contribution in [2.24, 2.45) is 0 Å². The van der Waals surface area contributed by atoms with Crippen LogP contribution in [0.15, 0.2) is 45.5 Å². The number of amides is 1. The minimum Gasteiger partial charge on any atom is -0.478 e. The van der Waals surface area contributed by atoms with Crippen LogP contribution in [0.3, 0.4) is 0 Å². The molecule has 2 N–H and O–H groups in total. The van der Waals surface area contributed by atoms with Gasteiger partial charge in [0.2, 0.25) is 0 Å². The van der Waals surface area contributed by atoms with Gasteiger partial charge in [-0.3, -0.25) is 4.79 Å². The number of anilines is 1. The molecule has 0 spiro atoms. The minimum atomic E-state index is -1.12. The molecular weight excluding hydrogens is 392 g/mol. The molecule has 1 amide bonds. The molecule has 0 fully saturated rings. The van der Waals surface area contributed by atoms with E-state index in [9.17, 15) is 9.59 Å². The molecule has 1 aromatic carbocycles. The van der Waals surface area contributed by atoms with E-state index >= 15 is 0 Å². The first-order chi connectivity index (χ1) is 9.50. The third-order valence-electron chi connectivity index (χ3n) is 2.46. The van der Waals surface area contributed by atoms with Crippen LogP contribution in [0.2, 0.25) is 0 Å². The molecule has 20 heavy (non-hydrogen) atoms. The summed E-state index contributed by atoms with van der Waals surface area (Å²) >= 11 is 6.45. The zero-order valence-electron chi connectivity index (χ0n) is 9.93. The number of nitrogens with zero attached hydrogens (tertiary/aromatic N) is 1. The molecule has 5 nitrogen and oxygen atoms in total. The summed E-state index contributed by atoms with van der Waals surface area (Å²) < 4.78 is 1.01. The van der Waals surface area contributed by atoms with Crippen LogP contribution in [0.4, 0.5) is 5.69 Å². The number of rotatable bonds is 3. The summed E-state index contributed by atoms with van der Waals surface area (Å²) in [7, 11) is 0. The first kappa shape index (κ1) is 14.7. The van der Waals surface area contributed by atoms with Crippen molar-refractivity contribution in [3.8, 4) is 0 Å². The first-order valence-electron chi connectivity index (χ1n) is 5.44. The lowest BCUT2D eigenvalue weighted by Crippen LogP contribution is -2.17. The van der Waals surface area contributed by atoms with Crippen molar-refractivity contribution in [3.05, 3.63) is 56.7 Å². The fourth-order valence-electron chi connectivity index (χ4n) is 1.55. The van der Waals surface area contributed by atoms with Gasteiger partial charge in [0.1, 0.15) is 5.69 Å². The maximum atomic E-state index is 12.1. The smallest absolute Gasteiger partial charge is 0.337 e. The first-order valence-corrected chi connectivity index (χ1v) is 7.03. The zero-order valence-corrected chi connectivity index (χ0v) is 13.1. The van der Waals surface area contributed by atoms with E-state index in [0.29, 0.717) is 8.95 Å². The Morgan fingerprint density at radius 1 is 1.10 bits per heavy atom. The number of carboxylic acids is 1. The van der Waals surface area contributed by atoms with Crippen molar-refractivity contribution < 1.29 is 14.7 Å². The number of aromatic nitrogens is 1. The fraction of sp³-hybridized carbons (Fsp3) is 0. The summed E-state index contributed by atoms with van der Waals surface area (Å²) in [5, 5.41) is 11.7. The molecule has 1 heterocycles. The number of benzene rings is 1. The molecule has 0 radical (unpaired) electrons. The average Bonchev–Trinajstić information content (AvgIpc) is 2.41. The molecule has 102 valence electrons. The Bertz CT molecular complexity index is 689. The molecular formula is C13H8Br2N2O3. The van der Waals surface area contributed by atoms with Gasteiger partial charge in [0.15, 0.2) is 0 Å². The van der Waals surface area contributed by atoms with Gasteiger partial charge in [-0.25, -0.2) is 9.78 Å². The van der Waals surface area contributed by atoms with Crippen LogP contribution in [0.5, 0.6) is 0 Å². The van der Waals surface area contributed by atoms with E-state index in [1.807, 2.05) is 0 Å². The molecule has 0 atom stereocenters. The van der Waals surface area contributed by atoms with Crippen LogP contribution in [-0.4, -0.2) is 22.0 Å². The van der Waals surface area contributed by atoms with Crippen molar-refractivity contribution in [2.45, 2.75) is 0 Å². The second-order valence-electron chi connectivity index (χ2n) is 3.76. The van der Waals surface area contributed by atoms with Crippen LogP contribution < -0.4 is 5.32 Å². The maximum absolute atomic E-state index is 12.1. The lowest BCUT2D eigenvalue weighted by atomic mass is 10.1. The number of carbonyl (C=O) groups excluding carboxylic acids is 1. The van der Waals surface area contributed by atoms with Crippen LogP contribution in [-0.2, 0) is 0 Å². The van der Waals surface area contributed by atoms with Gasteiger partial charge in [-0.05, 0) is 56.1 Å². The van der Waals surface area contributed by atoms with E-state index in [2.05, 4.69) is 42.2 Å². The van der Waals surface area contributed by atoms with Gasteiger partial charge in [-0.1, -0.05) is 6.07 Å². The summed E-state index contributed by atoms with van der Waals surface area (Å²) in [4.78, 5) is 27.3. The molecule has 0 aliphatic carbocycles. The fourth-order valence-corrected chi connectivity index (χ4v) is 2.46. The topological polar surface area (TPSA) is 79.3 Å². The Balaban J connectivity index is 2.38. The van der Waals surface area contributed by atoms with Gasteiger partial charge in [0.05, 0.1) is 11.3 Å². The highest BCUT2D eigenvalue weighted by atomic mass is 79.9. The molecule has 2 rings (SSSR count). The van der Waals surface area contributed by atoms with Gasteiger partial charge in [0.25, 0.3) is 5.91 Å².